The number of benzene rings is 2. The normalized spacial score (nSPS) is 11.8. The molecule has 0 bridgehead atoms. The molecule has 1 amide bonds. The topological polar surface area (TPSA) is 61.4 Å². The number of carbonyl (C=O) groups excluding carboxylic acids is 1. The third-order valence-electron chi connectivity index (χ3n) is 3.96. The van der Waals surface area contributed by atoms with Gasteiger partial charge in [-0.15, -0.1) is 11.8 Å². The molecule has 4 nitrogen and oxygen atoms in total. The average Bonchev–Trinajstić information content (AvgIpc) is 2.61. The van der Waals surface area contributed by atoms with Crippen LogP contribution in [0, 0.1) is 6.92 Å². The Labute approximate surface area is 147 Å². The minimum Gasteiger partial charge on any atom is -0.395 e. The van der Waals surface area contributed by atoms with Crippen molar-refractivity contribution in [1.82, 2.24) is 5.32 Å². The van der Waals surface area contributed by atoms with Gasteiger partial charge < -0.3 is 15.7 Å². The molecule has 0 aliphatic carbocycles. The second kappa shape index (κ2) is 8.76. The van der Waals surface area contributed by atoms with Crippen LogP contribution in [-0.4, -0.2) is 30.4 Å². The summed E-state index contributed by atoms with van der Waals surface area (Å²) in [4.78, 5) is 13.4. The van der Waals surface area contributed by atoms with Crippen molar-refractivity contribution in [2.75, 3.05) is 24.7 Å². The van der Waals surface area contributed by atoms with Crippen LogP contribution < -0.4 is 10.6 Å². The summed E-state index contributed by atoms with van der Waals surface area (Å²) in [6, 6.07) is 14.2. The maximum Gasteiger partial charge on any atom is 0.251 e. The summed E-state index contributed by atoms with van der Waals surface area (Å²) in [5, 5.41) is 15.0. The van der Waals surface area contributed by atoms with E-state index < -0.39 is 0 Å². The molecule has 128 valence electrons. The van der Waals surface area contributed by atoms with Gasteiger partial charge in [-0.1, -0.05) is 18.2 Å². The van der Waals surface area contributed by atoms with Crippen molar-refractivity contribution in [3.05, 3.63) is 59.2 Å². The number of aliphatic hydroxyl groups excluding tert-OH is 1. The van der Waals surface area contributed by atoms with Crippen molar-refractivity contribution in [3.63, 3.8) is 0 Å². The van der Waals surface area contributed by atoms with Crippen LogP contribution in [0.2, 0.25) is 0 Å². The monoisotopic (exact) mass is 344 g/mol. The second-order valence-electron chi connectivity index (χ2n) is 5.60. The van der Waals surface area contributed by atoms with Crippen molar-refractivity contribution in [2.24, 2.45) is 0 Å². The predicted molar refractivity (Wildman–Crippen MR) is 101 cm³/mol. The fourth-order valence-electron chi connectivity index (χ4n) is 2.51. The number of nitrogens with one attached hydrogen (secondary N) is 2. The number of hydrogen-bond donors (Lipinski definition) is 3. The van der Waals surface area contributed by atoms with Crippen LogP contribution >= 0.6 is 11.8 Å². The SMILES string of the molecule is CSc1ccc(C(C)Nc2cccc(C(=O)NCCO)c2C)cc1. The lowest BCUT2D eigenvalue weighted by Crippen LogP contribution is -2.27. The Hall–Kier alpha value is -1.98. The van der Waals surface area contributed by atoms with Gasteiger partial charge in [0.1, 0.15) is 0 Å². The smallest absolute Gasteiger partial charge is 0.251 e. The minimum atomic E-state index is -0.165. The maximum absolute atomic E-state index is 12.2. The Morgan fingerprint density at radius 3 is 2.54 bits per heavy atom. The Balaban J connectivity index is 2.15. The van der Waals surface area contributed by atoms with E-state index in [2.05, 4.69) is 48.1 Å². The molecule has 5 heteroatoms. The lowest BCUT2D eigenvalue weighted by atomic mass is 10.0. The van der Waals surface area contributed by atoms with Crippen LogP contribution in [0.5, 0.6) is 0 Å². The van der Waals surface area contributed by atoms with E-state index in [-0.39, 0.29) is 25.1 Å². The van der Waals surface area contributed by atoms with Crippen LogP contribution in [0.15, 0.2) is 47.4 Å². The molecule has 1 unspecified atom stereocenters. The molecule has 2 rings (SSSR count). The van der Waals surface area contributed by atoms with E-state index in [9.17, 15) is 4.79 Å². The van der Waals surface area contributed by atoms with Gasteiger partial charge in [-0.3, -0.25) is 4.79 Å². The number of hydrogen-bond acceptors (Lipinski definition) is 4. The van der Waals surface area contributed by atoms with Gasteiger partial charge in [0.2, 0.25) is 0 Å². The molecule has 0 saturated carbocycles. The lowest BCUT2D eigenvalue weighted by Gasteiger charge is -2.19. The molecule has 0 fully saturated rings. The van der Waals surface area contributed by atoms with E-state index in [0.29, 0.717) is 5.56 Å². The third-order valence-corrected chi connectivity index (χ3v) is 4.71. The molecule has 2 aromatic rings. The van der Waals surface area contributed by atoms with Crippen molar-refractivity contribution in [1.29, 1.82) is 0 Å². The Morgan fingerprint density at radius 1 is 1.21 bits per heavy atom. The number of amides is 1. The van der Waals surface area contributed by atoms with E-state index in [4.69, 9.17) is 5.11 Å². The van der Waals surface area contributed by atoms with Crippen molar-refractivity contribution in [2.45, 2.75) is 24.8 Å². The first kappa shape index (κ1) is 18.4. The van der Waals surface area contributed by atoms with Crippen molar-refractivity contribution < 1.29 is 9.90 Å². The molecule has 0 spiro atoms. The quantitative estimate of drug-likeness (QED) is 0.672. The molecule has 2 aromatic carbocycles. The maximum atomic E-state index is 12.2. The fraction of sp³-hybridized carbons (Fsp3) is 0.316. The molecule has 0 aliphatic heterocycles. The Morgan fingerprint density at radius 2 is 1.92 bits per heavy atom. The molecule has 1 atom stereocenters. The lowest BCUT2D eigenvalue weighted by molar-refractivity contribution is 0.0944. The molecule has 0 radical (unpaired) electrons. The van der Waals surface area contributed by atoms with Gasteiger partial charge in [0.25, 0.3) is 5.91 Å². The second-order valence-corrected chi connectivity index (χ2v) is 6.48. The summed E-state index contributed by atoms with van der Waals surface area (Å²) in [6.45, 7) is 4.23. The summed E-state index contributed by atoms with van der Waals surface area (Å²) in [5.74, 6) is -0.165. The van der Waals surface area contributed by atoms with Crippen LogP contribution in [-0.2, 0) is 0 Å². The first-order chi connectivity index (χ1) is 11.6. The van der Waals surface area contributed by atoms with Crippen LogP contribution in [0.1, 0.15) is 34.5 Å². The summed E-state index contributed by atoms with van der Waals surface area (Å²) >= 11 is 1.72. The first-order valence-corrected chi connectivity index (χ1v) is 9.18. The molecular weight excluding hydrogens is 320 g/mol. The van der Waals surface area contributed by atoms with E-state index in [1.54, 1.807) is 17.8 Å². The van der Waals surface area contributed by atoms with Crippen LogP contribution in [0.3, 0.4) is 0 Å². The van der Waals surface area contributed by atoms with Gasteiger partial charge in [-0.05, 0) is 55.5 Å². The van der Waals surface area contributed by atoms with E-state index in [0.717, 1.165) is 11.3 Å². The van der Waals surface area contributed by atoms with Crippen molar-refractivity contribution in [3.8, 4) is 0 Å². The van der Waals surface area contributed by atoms with Gasteiger partial charge in [0.05, 0.1) is 6.61 Å². The molecule has 24 heavy (non-hydrogen) atoms. The number of aliphatic hydroxyl groups is 1. The largest absolute Gasteiger partial charge is 0.395 e. The first-order valence-electron chi connectivity index (χ1n) is 7.96. The number of thioether (sulfide) groups is 1. The van der Waals surface area contributed by atoms with E-state index in [1.165, 1.54) is 10.5 Å². The Kier molecular flexibility index (Phi) is 6.70. The standard InChI is InChI=1S/C19H24N2O2S/c1-13-17(19(23)20-11-12-22)5-4-6-18(13)21-14(2)15-7-9-16(24-3)10-8-15/h4-10,14,21-22H,11-12H2,1-3H3,(H,20,23). The highest BCUT2D eigenvalue weighted by atomic mass is 32.2. The summed E-state index contributed by atoms with van der Waals surface area (Å²) in [7, 11) is 0. The highest BCUT2D eigenvalue weighted by Gasteiger charge is 2.13. The average molecular weight is 344 g/mol. The molecular formula is C19H24N2O2S. The van der Waals surface area contributed by atoms with Gasteiger partial charge in [0, 0.05) is 28.7 Å². The van der Waals surface area contributed by atoms with Crippen molar-refractivity contribution >= 4 is 23.4 Å². The molecule has 3 N–H and O–H groups in total. The summed E-state index contributed by atoms with van der Waals surface area (Å²) < 4.78 is 0. The van der Waals surface area contributed by atoms with Gasteiger partial charge in [-0.25, -0.2) is 0 Å². The van der Waals surface area contributed by atoms with Gasteiger partial charge >= 0.3 is 0 Å². The minimum absolute atomic E-state index is 0.0637. The molecule has 0 aliphatic rings. The number of anilines is 1. The highest BCUT2D eigenvalue weighted by Crippen LogP contribution is 2.25. The molecule has 0 aromatic heterocycles. The van der Waals surface area contributed by atoms with Crippen LogP contribution in [0.25, 0.3) is 0 Å². The summed E-state index contributed by atoms with van der Waals surface area (Å²) in [5.41, 5.74) is 3.66. The van der Waals surface area contributed by atoms with E-state index >= 15 is 0 Å². The number of carbonyl (C=O) groups is 1. The van der Waals surface area contributed by atoms with Gasteiger partial charge in [0.15, 0.2) is 0 Å². The molecule has 0 heterocycles. The highest BCUT2D eigenvalue weighted by molar-refractivity contribution is 7.98. The third kappa shape index (κ3) is 4.52. The zero-order valence-electron chi connectivity index (χ0n) is 14.3. The van der Waals surface area contributed by atoms with E-state index in [1.807, 2.05) is 19.1 Å². The number of rotatable bonds is 7. The van der Waals surface area contributed by atoms with Gasteiger partial charge in [-0.2, -0.15) is 0 Å². The molecule has 0 saturated heterocycles. The zero-order valence-corrected chi connectivity index (χ0v) is 15.1. The predicted octanol–water partition coefficient (Wildman–Crippen LogP) is 3.61. The van der Waals surface area contributed by atoms with Crippen LogP contribution in [0.4, 0.5) is 5.69 Å². The summed E-state index contributed by atoms with van der Waals surface area (Å²) in [6.07, 6.45) is 2.06. The Bertz CT molecular complexity index is 686. The zero-order chi connectivity index (χ0) is 17.5. The fourth-order valence-corrected chi connectivity index (χ4v) is 2.92.